The van der Waals surface area contributed by atoms with Crippen LogP contribution < -0.4 is 0 Å². The van der Waals surface area contributed by atoms with E-state index in [1.807, 2.05) is 32.4 Å². The molecular weight excluding hydrogens is 234 g/mol. The first-order valence-corrected chi connectivity index (χ1v) is 6.95. The van der Waals surface area contributed by atoms with Crippen molar-refractivity contribution in [1.82, 2.24) is 4.90 Å². The molecule has 0 aromatic heterocycles. The van der Waals surface area contributed by atoms with E-state index in [0.717, 1.165) is 11.3 Å². The fourth-order valence-corrected chi connectivity index (χ4v) is 2.29. The third kappa shape index (κ3) is 4.30. The molecule has 1 aromatic rings. The van der Waals surface area contributed by atoms with Gasteiger partial charge in [0, 0.05) is 25.3 Å². The SMILES string of the molecule is CSCC(C)C(=O)N(C)Cc1ccc(O)cc1. The van der Waals surface area contributed by atoms with Crippen molar-refractivity contribution in [3.8, 4) is 5.75 Å². The van der Waals surface area contributed by atoms with E-state index >= 15 is 0 Å². The Labute approximate surface area is 107 Å². The summed E-state index contributed by atoms with van der Waals surface area (Å²) in [5.74, 6) is 1.30. The van der Waals surface area contributed by atoms with Crippen molar-refractivity contribution in [2.45, 2.75) is 13.5 Å². The third-order valence-corrected chi connectivity index (χ3v) is 3.40. The van der Waals surface area contributed by atoms with Gasteiger partial charge < -0.3 is 10.0 Å². The quantitative estimate of drug-likeness (QED) is 0.875. The van der Waals surface area contributed by atoms with Gasteiger partial charge in [-0.2, -0.15) is 11.8 Å². The predicted molar refractivity (Wildman–Crippen MR) is 72.1 cm³/mol. The monoisotopic (exact) mass is 253 g/mol. The van der Waals surface area contributed by atoms with Crippen LogP contribution in [0.5, 0.6) is 5.75 Å². The van der Waals surface area contributed by atoms with Crippen molar-refractivity contribution in [3.63, 3.8) is 0 Å². The van der Waals surface area contributed by atoms with E-state index in [0.29, 0.717) is 6.54 Å². The molecule has 0 aliphatic heterocycles. The molecule has 0 saturated heterocycles. The van der Waals surface area contributed by atoms with Crippen molar-refractivity contribution in [3.05, 3.63) is 29.8 Å². The van der Waals surface area contributed by atoms with Gasteiger partial charge in [-0.05, 0) is 24.0 Å². The summed E-state index contributed by atoms with van der Waals surface area (Å²) in [4.78, 5) is 13.7. The molecule has 94 valence electrons. The molecule has 1 aromatic carbocycles. The summed E-state index contributed by atoms with van der Waals surface area (Å²) in [6.45, 7) is 2.53. The van der Waals surface area contributed by atoms with E-state index in [4.69, 9.17) is 0 Å². The lowest BCUT2D eigenvalue weighted by Gasteiger charge is -2.21. The molecule has 1 N–H and O–H groups in total. The van der Waals surface area contributed by atoms with Gasteiger partial charge in [-0.1, -0.05) is 19.1 Å². The molecule has 0 radical (unpaired) electrons. The number of carbonyl (C=O) groups is 1. The second-order valence-electron chi connectivity index (χ2n) is 4.22. The molecule has 0 aliphatic rings. The first-order chi connectivity index (χ1) is 8.04. The smallest absolute Gasteiger partial charge is 0.226 e. The highest BCUT2D eigenvalue weighted by molar-refractivity contribution is 7.98. The van der Waals surface area contributed by atoms with Gasteiger partial charge in [-0.3, -0.25) is 4.79 Å². The van der Waals surface area contributed by atoms with E-state index < -0.39 is 0 Å². The maximum atomic E-state index is 12.0. The second-order valence-corrected chi connectivity index (χ2v) is 5.13. The predicted octanol–water partition coefficient (Wildman–Crippen LogP) is 2.35. The Bertz CT molecular complexity index is 364. The average molecular weight is 253 g/mol. The Hall–Kier alpha value is -1.16. The average Bonchev–Trinajstić information content (AvgIpc) is 2.31. The zero-order valence-electron chi connectivity index (χ0n) is 10.5. The molecule has 1 rings (SSSR count). The summed E-state index contributed by atoms with van der Waals surface area (Å²) in [5, 5.41) is 9.17. The van der Waals surface area contributed by atoms with Crippen LogP contribution >= 0.6 is 11.8 Å². The molecule has 1 atom stereocenters. The number of benzene rings is 1. The van der Waals surface area contributed by atoms with Gasteiger partial charge in [0.2, 0.25) is 5.91 Å². The van der Waals surface area contributed by atoms with Gasteiger partial charge in [0.25, 0.3) is 0 Å². The lowest BCUT2D eigenvalue weighted by atomic mass is 10.1. The minimum atomic E-state index is 0.0483. The highest BCUT2D eigenvalue weighted by atomic mass is 32.2. The summed E-state index contributed by atoms with van der Waals surface area (Å²) in [5.41, 5.74) is 1.02. The third-order valence-electron chi connectivity index (χ3n) is 2.57. The van der Waals surface area contributed by atoms with Gasteiger partial charge in [0.1, 0.15) is 5.75 Å². The van der Waals surface area contributed by atoms with Crippen molar-refractivity contribution >= 4 is 17.7 Å². The maximum Gasteiger partial charge on any atom is 0.226 e. The number of rotatable bonds is 5. The zero-order chi connectivity index (χ0) is 12.8. The van der Waals surface area contributed by atoms with Crippen LogP contribution in [0.2, 0.25) is 0 Å². The van der Waals surface area contributed by atoms with E-state index in [2.05, 4.69) is 0 Å². The number of phenolic OH excluding ortho intramolecular Hbond substituents is 1. The van der Waals surface area contributed by atoms with Crippen LogP contribution in [-0.4, -0.2) is 35.0 Å². The Kier molecular flexibility index (Phi) is 5.35. The Morgan fingerprint density at radius 3 is 2.53 bits per heavy atom. The maximum absolute atomic E-state index is 12.0. The summed E-state index contributed by atoms with van der Waals surface area (Å²) < 4.78 is 0. The van der Waals surface area contributed by atoms with Crippen LogP contribution in [0, 0.1) is 5.92 Å². The van der Waals surface area contributed by atoms with E-state index in [-0.39, 0.29) is 17.6 Å². The van der Waals surface area contributed by atoms with E-state index in [1.165, 1.54) is 0 Å². The highest BCUT2D eigenvalue weighted by Gasteiger charge is 2.16. The number of amides is 1. The minimum Gasteiger partial charge on any atom is -0.508 e. The van der Waals surface area contributed by atoms with Crippen molar-refractivity contribution in [2.75, 3.05) is 19.1 Å². The Morgan fingerprint density at radius 2 is 2.00 bits per heavy atom. The van der Waals surface area contributed by atoms with Crippen LogP contribution in [0.3, 0.4) is 0 Å². The van der Waals surface area contributed by atoms with Crippen LogP contribution in [0.15, 0.2) is 24.3 Å². The molecule has 3 nitrogen and oxygen atoms in total. The molecule has 0 bridgehead atoms. The second kappa shape index (κ2) is 6.55. The number of nitrogens with zero attached hydrogens (tertiary/aromatic N) is 1. The topological polar surface area (TPSA) is 40.5 Å². The first-order valence-electron chi connectivity index (χ1n) is 5.56. The number of phenols is 1. The van der Waals surface area contributed by atoms with Crippen molar-refractivity contribution < 1.29 is 9.90 Å². The first kappa shape index (κ1) is 13.9. The molecule has 0 spiro atoms. The van der Waals surface area contributed by atoms with Crippen LogP contribution in [0.1, 0.15) is 12.5 Å². The van der Waals surface area contributed by atoms with Gasteiger partial charge >= 0.3 is 0 Å². The summed E-state index contributed by atoms with van der Waals surface area (Å²) >= 11 is 1.68. The molecule has 0 heterocycles. The zero-order valence-corrected chi connectivity index (χ0v) is 11.3. The molecule has 0 aliphatic carbocycles. The summed E-state index contributed by atoms with van der Waals surface area (Å²) in [6.07, 6.45) is 2.00. The number of hydrogen-bond donors (Lipinski definition) is 1. The van der Waals surface area contributed by atoms with Crippen molar-refractivity contribution in [1.29, 1.82) is 0 Å². The van der Waals surface area contributed by atoms with Crippen molar-refractivity contribution in [2.24, 2.45) is 5.92 Å². The number of thioether (sulfide) groups is 1. The van der Waals surface area contributed by atoms with E-state index in [1.54, 1.807) is 28.8 Å². The van der Waals surface area contributed by atoms with Crippen LogP contribution in [0.4, 0.5) is 0 Å². The lowest BCUT2D eigenvalue weighted by Crippen LogP contribution is -2.32. The largest absolute Gasteiger partial charge is 0.508 e. The summed E-state index contributed by atoms with van der Waals surface area (Å²) in [6, 6.07) is 6.94. The number of aromatic hydroxyl groups is 1. The standard InChI is InChI=1S/C13H19NO2S/c1-10(9-17-3)13(16)14(2)8-11-4-6-12(15)7-5-11/h4-7,10,15H,8-9H2,1-3H3. The Balaban J connectivity index is 2.56. The normalized spacial score (nSPS) is 12.2. The number of hydrogen-bond acceptors (Lipinski definition) is 3. The lowest BCUT2D eigenvalue weighted by molar-refractivity contribution is -0.133. The van der Waals surface area contributed by atoms with E-state index in [9.17, 15) is 9.90 Å². The number of carbonyl (C=O) groups excluding carboxylic acids is 1. The molecule has 0 saturated carbocycles. The molecule has 1 amide bonds. The molecule has 1 unspecified atom stereocenters. The molecule has 17 heavy (non-hydrogen) atoms. The molecule has 0 fully saturated rings. The highest BCUT2D eigenvalue weighted by Crippen LogP contribution is 2.13. The van der Waals surface area contributed by atoms with Gasteiger partial charge in [-0.15, -0.1) is 0 Å². The molecule has 4 heteroatoms. The fraction of sp³-hybridized carbons (Fsp3) is 0.462. The van der Waals surface area contributed by atoms with Crippen LogP contribution in [-0.2, 0) is 11.3 Å². The molecular formula is C13H19NO2S. The Morgan fingerprint density at radius 1 is 1.41 bits per heavy atom. The summed E-state index contributed by atoms with van der Waals surface area (Å²) in [7, 11) is 1.81. The minimum absolute atomic E-state index is 0.0483. The van der Waals surface area contributed by atoms with Gasteiger partial charge in [0.15, 0.2) is 0 Å². The fourth-order valence-electron chi connectivity index (χ4n) is 1.65. The van der Waals surface area contributed by atoms with Gasteiger partial charge in [0.05, 0.1) is 0 Å². The van der Waals surface area contributed by atoms with Crippen LogP contribution in [0.25, 0.3) is 0 Å². The van der Waals surface area contributed by atoms with Gasteiger partial charge in [-0.25, -0.2) is 0 Å².